The molecular weight excluding hydrogens is 444 g/mol. The lowest BCUT2D eigenvalue weighted by Gasteiger charge is -2.26. The number of benzene rings is 2. The molecule has 4 rings (SSSR count). The van der Waals surface area contributed by atoms with Gasteiger partial charge in [-0.15, -0.1) is 11.3 Å². The Balaban J connectivity index is 1.45. The summed E-state index contributed by atoms with van der Waals surface area (Å²) in [6.45, 7) is 5.91. The van der Waals surface area contributed by atoms with Crippen LogP contribution < -0.4 is 5.43 Å². The van der Waals surface area contributed by atoms with Crippen molar-refractivity contribution in [3.05, 3.63) is 65.0 Å². The second-order valence-corrected chi connectivity index (χ2v) is 10.6. The van der Waals surface area contributed by atoms with Gasteiger partial charge in [0.1, 0.15) is 0 Å². The fourth-order valence-corrected chi connectivity index (χ4v) is 5.46. The van der Waals surface area contributed by atoms with Gasteiger partial charge in [0.05, 0.1) is 30.0 Å². The van der Waals surface area contributed by atoms with E-state index in [4.69, 9.17) is 4.74 Å². The highest BCUT2D eigenvalue weighted by molar-refractivity contribution is 7.89. The summed E-state index contributed by atoms with van der Waals surface area (Å²) in [7, 11) is -3.55. The number of rotatable bonds is 7. The molecule has 0 spiro atoms. The van der Waals surface area contributed by atoms with Crippen molar-refractivity contribution in [1.82, 2.24) is 9.29 Å². The zero-order valence-corrected chi connectivity index (χ0v) is 19.7. The number of morpholine rings is 1. The van der Waals surface area contributed by atoms with Gasteiger partial charge in [-0.3, -0.25) is 5.43 Å². The predicted octanol–water partition coefficient (Wildman–Crippen LogP) is 4.40. The van der Waals surface area contributed by atoms with Crippen molar-refractivity contribution in [3.63, 3.8) is 0 Å². The summed E-state index contributed by atoms with van der Waals surface area (Å²) < 4.78 is 32.6. The van der Waals surface area contributed by atoms with Crippen LogP contribution in [0.4, 0.5) is 5.13 Å². The van der Waals surface area contributed by atoms with Crippen molar-refractivity contribution in [3.8, 4) is 11.3 Å². The predicted molar refractivity (Wildman–Crippen MR) is 129 cm³/mol. The molecule has 1 aliphatic rings. The van der Waals surface area contributed by atoms with E-state index >= 15 is 0 Å². The molecule has 0 unspecified atom stereocenters. The Labute approximate surface area is 192 Å². The minimum absolute atomic E-state index is 0.266. The number of sulfonamides is 1. The molecule has 1 aliphatic heterocycles. The number of hydrogen-bond acceptors (Lipinski definition) is 7. The SMILES string of the molecule is CC(C)c1ccc(C=NNc2nc(-c3cccc(S(=O)(=O)N4CCOCC4)c3)cs2)cc1. The minimum Gasteiger partial charge on any atom is -0.379 e. The molecular formula is C23H26N4O3S2. The van der Waals surface area contributed by atoms with E-state index in [0.717, 1.165) is 11.1 Å². The molecule has 1 N–H and O–H groups in total. The van der Waals surface area contributed by atoms with E-state index in [1.807, 2.05) is 23.6 Å². The summed E-state index contributed by atoms with van der Waals surface area (Å²) in [5.41, 5.74) is 6.69. The Morgan fingerprint density at radius 1 is 1.16 bits per heavy atom. The van der Waals surface area contributed by atoms with Crippen molar-refractivity contribution >= 4 is 32.7 Å². The number of ether oxygens (including phenoxy) is 1. The molecule has 0 saturated carbocycles. The number of thiazole rings is 1. The Kier molecular flexibility index (Phi) is 7.00. The Hall–Kier alpha value is -2.59. The Bertz CT molecular complexity index is 1180. The van der Waals surface area contributed by atoms with E-state index in [2.05, 4.69) is 41.5 Å². The monoisotopic (exact) mass is 470 g/mol. The molecule has 1 saturated heterocycles. The van der Waals surface area contributed by atoms with Crippen LogP contribution in [0.3, 0.4) is 0 Å². The molecule has 0 radical (unpaired) electrons. The normalized spacial score (nSPS) is 15.5. The molecule has 7 nitrogen and oxygen atoms in total. The van der Waals surface area contributed by atoms with E-state index in [0.29, 0.717) is 43.0 Å². The highest BCUT2D eigenvalue weighted by Crippen LogP contribution is 2.28. The average molecular weight is 471 g/mol. The first kappa shape index (κ1) is 22.6. The summed E-state index contributed by atoms with van der Waals surface area (Å²) in [5.74, 6) is 0.496. The quantitative estimate of drug-likeness (QED) is 0.409. The van der Waals surface area contributed by atoms with Gasteiger partial charge in [-0.2, -0.15) is 9.41 Å². The second-order valence-electron chi connectivity index (χ2n) is 7.77. The van der Waals surface area contributed by atoms with Crippen LogP contribution in [0.15, 0.2) is 63.9 Å². The van der Waals surface area contributed by atoms with Crippen molar-refractivity contribution in [2.75, 3.05) is 31.7 Å². The molecule has 2 heterocycles. The van der Waals surface area contributed by atoms with Crippen LogP contribution in [0, 0.1) is 0 Å². The molecule has 168 valence electrons. The summed E-state index contributed by atoms with van der Waals surface area (Å²) in [4.78, 5) is 4.82. The standard InChI is InChI=1S/C23H26N4O3S2/c1-17(2)19-8-6-18(7-9-19)15-24-26-23-25-22(16-31-23)20-4-3-5-21(14-20)32(28,29)27-10-12-30-13-11-27/h3-9,14-17H,10-13H2,1-2H3,(H,25,26). The third-order valence-corrected chi connectivity index (χ3v) is 7.86. The first-order valence-corrected chi connectivity index (χ1v) is 12.8. The van der Waals surface area contributed by atoms with E-state index < -0.39 is 10.0 Å². The molecule has 0 bridgehead atoms. The van der Waals surface area contributed by atoms with E-state index in [9.17, 15) is 8.42 Å². The van der Waals surface area contributed by atoms with Crippen LogP contribution in [0.1, 0.15) is 30.9 Å². The van der Waals surface area contributed by atoms with Gasteiger partial charge in [-0.25, -0.2) is 13.4 Å². The van der Waals surface area contributed by atoms with Crippen LogP contribution in [-0.2, 0) is 14.8 Å². The van der Waals surface area contributed by atoms with Crippen molar-refractivity contribution in [2.24, 2.45) is 5.10 Å². The minimum atomic E-state index is -3.55. The van der Waals surface area contributed by atoms with E-state index in [1.54, 1.807) is 24.4 Å². The highest BCUT2D eigenvalue weighted by atomic mass is 32.2. The zero-order chi connectivity index (χ0) is 22.6. The summed E-state index contributed by atoms with van der Waals surface area (Å²) in [6.07, 6.45) is 1.75. The van der Waals surface area contributed by atoms with Crippen molar-refractivity contribution < 1.29 is 13.2 Å². The number of hydrogen-bond donors (Lipinski definition) is 1. The lowest BCUT2D eigenvalue weighted by molar-refractivity contribution is 0.0730. The molecule has 1 fully saturated rings. The number of nitrogens with zero attached hydrogens (tertiary/aromatic N) is 3. The first-order chi connectivity index (χ1) is 15.4. The highest BCUT2D eigenvalue weighted by Gasteiger charge is 2.26. The van der Waals surface area contributed by atoms with Gasteiger partial charge in [0.2, 0.25) is 15.2 Å². The molecule has 32 heavy (non-hydrogen) atoms. The van der Waals surface area contributed by atoms with Gasteiger partial charge in [0.15, 0.2) is 0 Å². The number of anilines is 1. The molecule has 3 aromatic rings. The maximum atomic E-state index is 12.9. The topological polar surface area (TPSA) is 83.9 Å². The van der Waals surface area contributed by atoms with E-state index in [-0.39, 0.29) is 4.90 Å². The fraction of sp³-hybridized carbons (Fsp3) is 0.304. The molecule has 0 amide bonds. The van der Waals surface area contributed by atoms with Crippen LogP contribution >= 0.6 is 11.3 Å². The molecule has 9 heteroatoms. The Morgan fingerprint density at radius 2 is 1.91 bits per heavy atom. The second kappa shape index (κ2) is 9.91. The molecule has 2 aromatic carbocycles. The van der Waals surface area contributed by atoms with Gasteiger partial charge >= 0.3 is 0 Å². The lowest BCUT2D eigenvalue weighted by Crippen LogP contribution is -2.40. The van der Waals surface area contributed by atoms with Crippen molar-refractivity contribution in [1.29, 1.82) is 0 Å². The van der Waals surface area contributed by atoms with Crippen LogP contribution in [0.2, 0.25) is 0 Å². The van der Waals surface area contributed by atoms with Crippen LogP contribution in [0.25, 0.3) is 11.3 Å². The van der Waals surface area contributed by atoms with E-state index in [1.165, 1.54) is 21.2 Å². The number of nitrogens with one attached hydrogen (secondary N) is 1. The maximum Gasteiger partial charge on any atom is 0.243 e. The fourth-order valence-electron chi connectivity index (χ4n) is 3.34. The van der Waals surface area contributed by atoms with Gasteiger partial charge < -0.3 is 4.74 Å². The third-order valence-electron chi connectivity index (χ3n) is 5.22. The van der Waals surface area contributed by atoms with Gasteiger partial charge in [-0.05, 0) is 29.2 Å². The number of aromatic nitrogens is 1. The summed E-state index contributed by atoms with van der Waals surface area (Å²) >= 11 is 1.41. The van der Waals surface area contributed by atoms with Gasteiger partial charge in [0, 0.05) is 24.0 Å². The lowest BCUT2D eigenvalue weighted by atomic mass is 10.0. The van der Waals surface area contributed by atoms with Gasteiger partial charge in [-0.1, -0.05) is 50.2 Å². The summed E-state index contributed by atoms with van der Waals surface area (Å²) in [6, 6.07) is 15.2. The molecule has 0 aliphatic carbocycles. The molecule has 1 aromatic heterocycles. The summed E-state index contributed by atoms with van der Waals surface area (Å²) in [5, 5.41) is 6.79. The van der Waals surface area contributed by atoms with Crippen LogP contribution in [0.5, 0.6) is 0 Å². The van der Waals surface area contributed by atoms with Crippen LogP contribution in [-0.4, -0.2) is 50.2 Å². The first-order valence-electron chi connectivity index (χ1n) is 10.5. The maximum absolute atomic E-state index is 12.9. The average Bonchev–Trinajstić information content (AvgIpc) is 3.29. The Morgan fingerprint density at radius 3 is 2.62 bits per heavy atom. The smallest absolute Gasteiger partial charge is 0.243 e. The number of hydrazone groups is 1. The zero-order valence-electron chi connectivity index (χ0n) is 18.1. The van der Waals surface area contributed by atoms with Crippen molar-refractivity contribution in [2.45, 2.75) is 24.7 Å². The molecule has 0 atom stereocenters. The van der Waals surface area contributed by atoms with Gasteiger partial charge in [0.25, 0.3) is 0 Å². The largest absolute Gasteiger partial charge is 0.379 e. The third kappa shape index (κ3) is 5.24.